The third-order valence-corrected chi connectivity index (χ3v) is 4.43. The molecule has 2 nitrogen and oxygen atoms in total. The smallest absolute Gasteiger partial charge is 0.0462 e. The molecule has 1 aromatic carbocycles. The van der Waals surface area contributed by atoms with E-state index in [9.17, 15) is 0 Å². The predicted molar refractivity (Wildman–Crippen MR) is 77.2 cm³/mol. The molecule has 0 spiro atoms. The molecule has 0 aromatic heterocycles. The molecule has 0 radical (unpaired) electrons. The molecule has 0 bridgehead atoms. The lowest BCUT2D eigenvalue weighted by atomic mass is 9.79. The number of nitrogens with one attached hydrogen (secondary N) is 1. The molecule has 2 heteroatoms. The number of nitrogens with two attached hydrogens (primary N) is 1. The highest BCUT2D eigenvalue weighted by molar-refractivity contribution is 5.29. The standard InChI is InChI=1S/C16H26N2/c1-3-12(2)10-16(18-17)15-9-5-8-14(11-15)13-6-4-7-13/h5,8-9,11-13,16,18H,3-4,6-7,10,17H2,1-2H3. The molecule has 0 heterocycles. The largest absolute Gasteiger partial charge is 0.271 e. The molecule has 0 aliphatic heterocycles. The van der Waals surface area contributed by atoms with Crippen LogP contribution in [0, 0.1) is 5.92 Å². The van der Waals surface area contributed by atoms with Crippen LogP contribution in [0.5, 0.6) is 0 Å². The Morgan fingerprint density at radius 1 is 1.39 bits per heavy atom. The van der Waals surface area contributed by atoms with Gasteiger partial charge in [0.2, 0.25) is 0 Å². The molecule has 1 aromatic rings. The zero-order valence-electron chi connectivity index (χ0n) is 11.7. The fourth-order valence-electron chi connectivity index (χ4n) is 2.64. The van der Waals surface area contributed by atoms with Gasteiger partial charge in [0, 0.05) is 6.04 Å². The molecule has 0 saturated heterocycles. The van der Waals surface area contributed by atoms with Crippen LogP contribution in [-0.2, 0) is 0 Å². The lowest BCUT2D eigenvalue weighted by molar-refractivity contribution is 0.403. The fourth-order valence-corrected chi connectivity index (χ4v) is 2.64. The first kappa shape index (κ1) is 13.6. The van der Waals surface area contributed by atoms with Crippen LogP contribution in [0.25, 0.3) is 0 Å². The van der Waals surface area contributed by atoms with Crippen molar-refractivity contribution in [2.75, 3.05) is 0 Å². The topological polar surface area (TPSA) is 38.0 Å². The zero-order chi connectivity index (χ0) is 13.0. The van der Waals surface area contributed by atoms with Crippen molar-refractivity contribution in [3.8, 4) is 0 Å². The van der Waals surface area contributed by atoms with Crippen LogP contribution in [0.2, 0.25) is 0 Å². The van der Waals surface area contributed by atoms with E-state index >= 15 is 0 Å². The first-order valence-electron chi connectivity index (χ1n) is 7.30. The van der Waals surface area contributed by atoms with E-state index in [1.165, 1.54) is 36.8 Å². The highest BCUT2D eigenvalue weighted by Crippen LogP contribution is 2.37. The summed E-state index contributed by atoms with van der Waals surface area (Å²) in [6.45, 7) is 4.53. The maximum Gasteiger partial charge on any atom is 0.0462 e. The predicted octanol–water partition coefficient (Wildman–Crippen LogP) is 3.89. The minimum absolute atomic E-state index is 0.292. The lowest BCUT2D eigenvalue weighted by Crippen LogP contribution is -2.29. The minimum atomic E-state index is 0.292. The monoisotopic (exact) mass is 246 g/mol. The summed E-state index contributed by atoms with van der Waals surface area (Å²) in [6.07, 6.45) is 6.42. The summed E-state index contributed by atoms with van der Waals surface area (Å²) in [7, 11) is 0. The van der Waals surface area contributed by atoms with Gasteiger partial charge >= 0.3 is 0 Å². The lowest BCUT2D eigenvalue weighted by Gasteiger charge is -2.27. The number of hydrogen-bond acceptors (Lipinski definition) is 2. The van der Waals surface area contributed by atoms with E-state index in [1.54, 1.807) is 0 Å². The summed E-state index contributed by atoms with van der Waals surface area (Å²) in [4.78, 5) is 0. The van der Waals surface area contributed by atoms with E-state index in [-0.39, 0.29) is 0 Å². The molecule has 2 atom stereocenters. The number of hydrogen-bond donors (Lipinski definition) is 2. The second-order valence-electron chi connectivity index (χ2n) is 5.77. The van der Waals surface area contributed by atoms with E-state index in [1.807, 2.05) is 0 Å². The molecule has 1 aliphatic rings. The molecular formula is C16H26N2. The molecule has 1 aliphatic carbocycles. The van der Waals surface area contributed by atoms with Gasteiger partial charge in [0.1, 0.15) is 0 Å². The summed E-state index contributed by atoms with van der Waals surface area (Å²) in [6, 6.07) is 9.31. The van der Waals surface area contributed by atoms with E-state index in [0.29, 0.717) is 12.0 Å². The highest BCUT2D eigenvalue weighted by Gasteiger charge is 2.21. The third-order valence-electron chi connectivity index (χ3n) is 4.43. The van der Waals surface area contributed by atoms with Gasteiger partial charge in [0.15, 0.2) is 0 Å². The van der Waals surface area contributed by atoms with Crippen molar-refractivity contribution < 1.29 is 0 Å². The van der Waals surface area contributed by atoms with Crippen LogP contribution in [0.4, 0.5) is 0 Å². The SMILES string of the molecule is CCC(C)CC(NN)c1cccc(C2CCC2)c1. The van der Waals surface area contributed by atoms with Crippen molar-refractivity contribution in [3.63, 3.8) is 0 Å². The first-order chi connectivity index (χ1) is 8.74. The van der Waals surface area contributed by atoms with Crippen molar-refractivity contribution in [2.45, 2.75) is 57.9 Å². The fraction of sp³-hybridized carbons (Fsp3) is 0.625. The van der Waals surface area contributed by atoms with Crippen molar-refractivity contribution in [1.29, 1.82) is 0 Å². The maximum absolute atomic E-state index is 5.73. The van der Waals surface area contributed by atoms with Gasteiger partial charge in [0.05, 0.1) is 0 Å². The van der Waals surface area contributed by atoms with Crippen LogP contribution in [-0.4, -0.2) is 0 Å². The molecule has 1 saturated carbocycles. The molecule has 3 N–H and O–H groups in total. The zero-order valence-corrected chi connectivity index (χ0v) is 11.7. The van der Waals surface area contributed by atoms with Gasteiger partial charge in [-0.05, 0) is 42.2 Å². The van der Waals surface area contributed by atoms with Crippen LogP contribution >= 0.6 is 0 Å². The summed E-state index contributed by atoms with van der Waals surface area (Å²) in [5.41, 5.74) is 5.84. The van der Waals surface area contributed by atoms with Crippen molar-refractivity contribution in [2.24, 2.45) is 11.8 Å². The second kappa shape index (κ2) is 6.35. The molecule has 18 heavy (non-hydrogen) atoms. The Hall–Kier alpha value is -0.860. The van der Waals surface area contributed by atoms with Gasteiger partial charge in [-0.3, -0.25) is 11.3 Å². The van der Waals surface area contributed by atoms with E-state index in [2.05, 4.69) is 43.5 Å². The van der Waals surface area contributed by atoms with Crippen LogP contribution in [0.3, 0.4) is 0 Å². The molecular weight excluding hydrogens is 220 g/mol. The minimum Gasteiger partial charge on any atom is -0.271 e. The van der Waals surface area contributed by atoms with E-state index < -0.39 is 0 Å². The van der Waals surface area contributed by atoms with Gasteiger partial charge in [-0.2, -0.15) is 0 Å². The average Bonchev–Trinajstić information content (AvgIpc) is 2.34. The molecule has 1 fully saturated rings. The normalized spacial score (nSPS) is 19.3. The van der Waals surface area contributed by atoms with Crippen molar-refractivity contribution in [1.82, 2.24) is 5.43 Å². The molecule has 2 unspecified atom stereocenters. The Labute approximate surface area is 111 Å². The van der Waals surface area contributed by atoms with Crippen LogP contribution < -0.4 is 11.3 Å². The number of benzene rings is 1. The van der Waals surface area contributed by atoms with Gasteiger partial charge in [0.25, 0.3) is 0 Å². The van der Waals surface area contributed by atoms with Gasteiger partial charge in [-0.1, -0.05) is 51.0 Å². The van der Waals surface area contributed by atoms with Gasteiger partial charge in [-0.15, -0.1) is 0 Å². The molecule has 0 amide bonds. The third kappa shape index (κ3) is 3.12. The molecule has 2 rings (SSSR count). The Bertz CT molecular complexity index is 371. The van der Waals surface area contributed by atoms with Gasteiger partial charge in [-0.25, -0.2) is 0 Å². The van der Waals surface area contributed by atoms with E-state index in [0.717, 1.165) is 12.3 Å². The second-order valence-corrected chi connectivity index (χ2v) is 5.77. The Morgan fingerprint density at radius 3 is 2.72 bits per heavy atom. The summed E-state index contributed by atoms with van der Waals surface area (Å²) >= 11 is 0. The Morgan fingerprint density at radius 2 is 2.17 bits per heavy atom. The van der Waals surface area contributed by atoms with E-state index in [4.69, 9.17) is 5.84 Å². The number of rotatable bonds is 6. The summed E-state index contributed by atoms with van der Waals surface area (Å²) in [5.74, 6) is 7.24. The van der Waals surface area contributed by atoms with Crippen molar-refractivity contribution in [3.05, 3.63) is 35.4 Å². The Balaban J connectivity index is 2.09. The quantitative estimate of drug-likeness (QED) is 0.590. The summed E-state index contributed by atoms with van der Waals surface area (Å²) in [5, 5.41) is 0. The van der Waals surface area contributed by atoms with Gasteiger partial charge < -0.3 is 0 Å². The van der Waals surface area contributed by atoms with Crippen LogP contribution in [0.1, 0.15) is 69.0 Å². The first-order valence-corrected chi connectivity index (χ1v) is 7.30. The maximum atomic E-state index is 5.73. The number of hydrazine groups is 1. The van der Waals surface area contributed by atoms with Crippen molar-refractivity contribution >= 4 is 0 Å². The Kier molecular flexibility index (Phi) is 4.79. The van der Waals surface area contributed by atoms with Crippen LogP contribution in [0.15, 0.2) is 24.3 Å². The highest BCUT2D eigenvalue weighted by atomic mass is 15.2. The average molecular weight is 246 g/mol. The molecule has 100 valence electrons. The summed E-state index contributed by atoms with van der Waals surface area (Å²) < 4.78 is 0.